The number of hydrogen-bond donors (Lipinski definition) is 1. The zero-order valence-corrected chi connectivity index (χ0v) is 14.1. The Bertz CT molecular complexity index is 556. The molecule has 0 fully saturated rings. The van der Waals surface area contributed by atoms with Crippen molar-refractivity contribution in [2.24, 2.45) is 5.92 Å². The first kappa shape index (κ1) is 15.4. The van der Waals surface area contributed by atoms with Crippen molar-refractivity contribution in [1.29, 1.82) is 0 Å². The molecule has 0 radical (unpaired) electrons. The molecule has 0 aliphatic rings. The molecule has 1 unspecified atom stereocenters. The summed E-state index contributed by atoms with van der Waals surface area (Å²) >= 11 is 3.39. The second-order valence-electron chi connectivity index (χ2n) is 5.59. The van der Waals surface area contributed by atoms with E-state index in [0.29, 0.717) is 12.0 Å². The fourth-order valence-corrected chi connectivity index (χ4v) is 2.72. The van der Waals surface area contributed by atoms with Gasteiger partial charge in [0, 0.05) is 25.3 Å². The Morgan fingerprint density at radius 1 is 1.30 bits per heavy atom. The lowest BCUT2D eigenvalue weighted by molar-refractivity contribution is 0.224. The summed E-state index contributed by atoms with van der Waals surface area (Å²) in [7, 11) is 4.26. The minimum absolute atomic E-state index is 0.530. The van der Waals surface area contributed by atoms with Crippen LogP contribution in [0.4, 0.5) is 0 Å². The molecule has 20 heavy (non-hydrogen) atoms. The predicted molar refractivity (Wildman–Crippen MR) is 84.7 cm³/mol. The van der Waals surface area contributed by atoms with Gasteiger partial charge in [-0.1, -0.05) is 13.8 Å². The van der Waals surface area contributed by atoms with E-state index in [0.717, 1.165) is 29.0 Å². The van der Waals surface area contributed by atoms with E-state index in [1.165, 1.54) is 0 Å². The van der Waals surface area contributed by atoms with Gasteiger partial charge in [-0.25, -0.2) is 9.97 Å². The highest BCUT2D eigenvalue weighted by molar-refractivity contribution is 9.10. The summed E-state index contributed by atoms with van der Waals surface area (Å²) in [5.74, 6) is 0.623. The van der Waals surface area contributed by atoms with Crippen LogP contribution in [0.5, 0.6) is 0 Å². The average Bonchev–Trinajstić information content (AvgIpc) is 2.76. The molecule has 5 nitrogen and oxygen atoms in total. The van der Waals surface area contributed by atoms with E-state index in [9.17, 15) is 0 Å². The lowest BCUT2D eigenvalue weighted by Crippen LogP contribution is -2.41. The van der Waals surface area contributed by atoms with Gasteiger partial charge in [0.15, 0.2) is 5.65 Å². The Kier molecular flexibility index (Phi) is 5.12. The SMILES string of the molecule is CC(C)C(CNCc1cnc2cnc(Br)cn12)N(C)C. The zero-order valence-electron chi connectivity index (χ0n) is 12.5. The number of imidazole rings is 1. The van der Waals surface area contributed by atoms with Crippen LogP contribution in [-0.4, -0.2) is 46.0 Å². The first-order valence-corrected chi connectivity index (χ1v) is 7.63. The Morgan fingerprint density at radius 3 is 2.70 bits per heavy atom. The summed E-state index contributed by atoms with van der Waals surface area (Å²) in [6.07, 6.45) is 5.62. The third kappa shape index (κ3) is 3.56. The van der Waals surface area contributed by atoms with Gasteiger partial charge in [0.05, 0.1) is 18.1 Å². The van der Waals surface area contributed by atoms with Gasteiger partial charge < -0.3 is 10.2 Å². The van der Waals surface area contributed by atoms with Crippen LogP contribution >= 0.6 is 15.9 Å². The monoisotopic (exact) mass is 339 g/mol. The normalized spacial score (nSPS) is 13.6. The van der Waals surface area contributed by atoms with Gasteiger partial charge in [0.25, 0.3) is 0 Å². The smallest absolute Gasteiger partial charge is 0.155 e. The van der Waals surface area contributed by atoms with Crippen LogP contribution in [-0.2, 0) is 6.54 Å². The fourth-order valence-electron chi connectivity index (χ4n) is 2.41. The van der Waals surface area contributed by atoms with Crippen molar-refractivity contribution in [2.45, 2.75) is 26.4 Å². The number of hydrogen-bond acceptors (Lipinski definition) is 4. The lowest BCUT2D eigenvalue weighted by atomic mass is 10.0. The number of rotatable bonds is 6. The minimum Gasteiger partial charge on any atom is -0.310 e. The van der Waals surface area contributed by atoms with Gasteiger partial charge in [0.1, 0.15) is 4.60 Å². The summed E-state index contributed by atoms with van der Waals surface area (Å²) in [5, 5.41) is 3.52. The molecule has 0 aromatic carbocycles. The molecule has 2 heterocycles. The zero-order chi connectivity index (χ0) is 14.7. The molecule has 1 N–H and O–H groups in total. The molecule has 2 aromatic rings. The third-order valence-corrected chi connectivity index (χ3v) is 3.94. The van der Waals surface area contributed by atoms with E-state index in [-0.39, 0.29) is 0 Å². The van der Waals surface area contributed by atoms with Crippen LogP contribution in [0, 0.1) is 5.92 Å². The molecule has 110 valence electrons. The van der Waals surface area contributed by atoms with E-state index in [1.807, 2.05) is 12.4 Å². The molecular weight excluding hydrogens is 318 g/mol. The van der Waals surface area contributed by atoms with Gasteiger partial charge in [-0.15, -0.1) is 0 Å². The van der Waals surface area contributed by atoms with Crippen LogP contribution < -0.4 is 5.32 Å². The van der Waals surface area contributed by atoms with Crippen molar-refractivity contribution >= 4 is 21.6 Å². The van der Waals surface area contributed by atoms with Crippen LogP contribution in [0.1, 0.15) is 19.5 Å². The summed E-state index contributed by atoms with van der Waals surface area (Å²) in [5.41, 5.74) is 2.02. The third-order valence-electron chi connectivity index (χ3n) is 3.53. The second-order valence-corrected chi connectivity index (χ2v) is 6.41. The summed E-state index contributed by atoms with van der Waals surface area (Å²) in [6.45, 7) is 6.27. The number of nitrogens with one attached hydrogen (secondary N) is 1. The summed E-state index contributed by atoms with van der Waals surface area (Å²) in [6, 6.07) is 0.530. The van der Waals surface area contributed by atoms with Gasteiger partial charge in [0.2, 0.25) is 0 Å². The Balaban J connectivity index is 2.01. The highest BCUT2D eigenvalue weighted by Crippen LogP contribution is 2.11. The second kappa shape index (κ2) is 6.65. The van der Waals surface area contributed by atoms with Gasteiger partial charge in [-0.2, -0.15) is 0 Å². The van der Waals surface area contributed by atoms with Gasteiger partial charge in [-0.3, -0.25) is 4.40 Å². The molecule has 0 aliphatic carbocycles. The molecule has 6 heteroatoms. The minimum atomic E-state index is 0.530. The average molecular weight is 340 g/mol. The highest BCUT2D eigenvalue weighted by atomic mass is 79.9. The molecule has 0 spiro atoms. The largest absolute Gasteiger partial charge is 0.310 e. The Hall–Kier alpha value is -0.980. The quantitative estimate of drug-likeness (QED) is 0.875. The molecular formula is C14H22BrN5. The van der Waals surface area contributed by atoms with E-state index < -0.39 is 0 Å². The topological polar surface area (TPSA) is 45.5 Å². The van der Waals surface area contributed by atoms with Crippen LogP contribution in [0.15, 0.2) is 23.2 Å². The van der Waals surface area contributed by atoms with Crippen molar-refractivity contribution < 1.29 is 0 Å². The van der Waals surface area contributed by atoms with Crippen LogP contribution in [0.3, 0.4) is 0 Å². The van der Waals surface area contributed by atoms with Gasteiger partial charge in [-0.05, 0) is 35.9 Å². The summed E-state index contributed by atoms with van der Waals surface area (Å²) in [4.78, 5) is 10.8. The lowest BCUT2D eigenvalue weighted by Gasteiger charge is -2.28. The fraction of sp³-hybridized carbons (Fsp3) is 0.571. The van der Waals surface area contributed by atoms with Crippen LogP contribution in [0.25, 0.3) is 5.65 Å². The number of aromatic nitrogens is 3. The van der Waals surface area contributed by atoms with E-state index in [1.54, 1.807) is 6.20 Å². The molecule has 0 saturated heterocycles. The Labute approximate surface area is 128 Å². The van der Waals surface area contributed by atoms with Gasteiger partial charge >= 0.3 is 0 Å². The number of likely N-dealkylation sites (N-methyl/N-ethyl adjacent to an activating group) is 1. The van der Waals surface area contributed by atoms with Crippen molar-refractivity contribution in [1.82, 2.24) is 24.6 Å². The summed E-state index contributed by atoms with van der Waals surface area (Å²) < 4.78 is 2.88. The maximum atomic E-state index is 4.36. The molecule has 2 aromatic heterocycles. The first-order valence-electron chi connectivity index (χ1n) is 6.83. The number of halogens is 1. The molecule has 0 bridgehead atoms. The van der Waals surface area contributed by atoms with E-state index in [4.69, 9.17) is 0 Å². The predicted octanol–water partition coefficient (Wildman–Crippen LogP) is 2.17. The number of fused-ring (bicyclic) bond motifs is 1. The van der Waals surface area contributed by atoms with Crippen molar-refractivity contribution in [2.75, 3.05) is 20.6 Å². The standard InChI is InChI=1S/C14H22BrN5/c1-10(2)12(19(3)4)7-16-5-11-6-18-14-8-17-13(15)9-20(11)14/h6,8-10,12,16H,5,7H2,1-4H3. The molecule has 0 aliphatic heterocycles. The van der Waals surface area contributed by atoms with E-state index in [2.05, 4.69) is 68.5 Å². The maximum Gasteiger partial charge on any atom is 0.155 e. The van der Waals surface area contributed by atoms with Crippen molar-refractivity contribution in [3.8, 4) is 0 Å². The van der Waals surface area contributed by atoms with Crippen LogP contribution in [0.2, 0.25) is 0 Å². The Morgan fingerprint density at radius 2 is 2.05 bits per heavy atom. The molecule has 0 amide bonds. The molecule has 0 saturated carbocycles. The molecule has 2 rings (SSSR count). The van der Waals surface area contributed by atoms with E-state index >= 15 is 0 Å². The molecule has 1 atom stereocenters. The maximum absolute atomic E-state index is 4.36. The number of nitrogens with zero attached hydrogens (tertiary/aromatic N) is 4. The highest BCUT2D eigenvalue weighted by Gasteiger charge is 2.15. The van der Waals surface area contributed by atoms with Crippen molar-refractivity contribution in [3.63, 3.8) is 0 Å². The first-order chi connectivity index (χ1) is 9.49. The van der Waals surface area contributed by atoms with Crippen molar-refractivity contribution in [3.05, 3.63) is 28.9 Å².